The number of para-hydroxylation sites is 4. The Balaban J connectivity index is 1.09. The third-order valence-corrected chi connectivity index (χ3v) is 13.9. The SMILES string of the molecule is [C-]#[N+]c1cccc(-c2ccc(-c3nc(-c4ccc(-c5cccc(C#N)c5)c(-n5c6ccccc6c6ccccc65)c4)nc(-c4ccccc4-c4ccc(C#N)cc4)n3)cc2-n2c3ccccc3c3ccccc32)c1. The van der Waals surface area contributed by atoms with Crippen LogP contribution in [0, 0.1) is 29.2 Å². The van der Waals surface area contributed by atoms with Gasteiger partial charge >= 0.3 is 0 Å². The molecule has 13 aromatic rings. The van der Waals surface area contributed by atoms with Crippen molar-refractivity contribution in [1.82, 2.24) is 24.1 Å². The maximum atomic E-state index is 10.0. The van der Waals surface area contributed by atoms with E-state index in [0.717, 1.165) is 105 Å². The van der Waals surface area contributed by atoms with Gasteiger partial charge in [-0.05, 0) is 89.0 Å². The first-order valence-corrected chi connectivity index (χ1v) is 24.2. The van der Waals surface area contributed by atoms with Crippen molar-refractivity contribution in [1.29, 1.82) is 10.5 Å². The number of nitriles is 2. The fraction of sp³-hybridized carbons (Fsp3) is 0. The van der Waals surface area contributed by atoms with Gasteiger partial charge in [0.05, 0.1) is 63.3 Å². The molecule has 3 aromatic heterocycles. The molecule has 3 heterocycles. The molecular formula is C66H38N8. The number of hydrogen-bond acceptors (Lipinski definition) is 5. The zero-order valence-corrected chi connectivity index (χ0v) is 39.5. The summed E-state index contributed by atoms with van der Waals surface area (Å²) in [6.45, 7) is 7.90. The maximum Gasteiger partial charge on any atom is 0.187 e. The quantitative estimate of drug-likeness (QED) is 0.141. The van der Waals surface area contributed by atoms with Gasteiger partial charge in [-0.25, -0.2) is 19.8 Å². The Hall–Kier alpha value is -10.7. The number of fused-ring (bicyclic) bond motifs is 6. The van der Waals surface area contributed by atoms with E-state index in [0.29, 0.717) is 34.3 Å². The van der Waals surface area contributed by atoms with Crippen molar-refractivity contribution < 1.29 is 0 Å². The molecule has 0 aliphatic rings. The lowest BCUT2D eigenvalue weighted by atomic mass is 9.97. The van der Waals surface area contributed by atoms with E-state index < -0.39 is 0 Å². The molecule has 0 spiro atoms. The van der Waals surface area contributed by atoms with Crippen LogP contribution in [0.4, 0.5) is 5.69 Å². The lowest BCUT2D eigenvalue weighted by molar-refractivity contribution is 1.07. The summed E-state index contributed by atoms with van der Waals surface area (Å²) < 4.78 is 4.60. The van der Waals surface area contributed by atoms with Gasteiger partial charge < -0.3 is 9.13 Å². The van der Waals surface area contributed by atoms with Crippen molar-refractivity contribution >= 4 is 49.3 Å². The van der Waals surface area contributed by atoms with Crippen molar-refractivity contribution in [3.05, 3.63) is 253 Å². The van der Waals surface area contributed by atoms with E-state index >= 15 is 0 Å². The fourth-order valence-electron chi connectivity index (χ4n) is 10.5. The van der Waals surface area contributed by atoms with Gasteiger partial charge in [0.15, 0.2) is 23.2 Å². The summed E-state index contributed by atoms with van der Waals surface area (Å²) in [6, 6.07) is 82.1. The Bertz CT molecular complexity index is 4190. The second-order valence-corrected chi connectivity index (χ2v) is 18.1. The van der Waals surface area contributed by atoms with Crippen LogP contribution in [0.5, 0.6) is 0 Å². The maximum absolute atomic E-state index is 10.0. The molecule has 0 saturated carbocycles. The zero-order valence-electron chi connectivity index (χ0n) is 39.5. The molecule has 74 heavy (non-hydrogen) atoms. The standard InChI is InChI=1S/C66H38N8/c1-69-49-17-13-16-46(37-49)52-35-33-48(39-63(52)74-60-26-10-6-21-55(60)56-22-7-11-27-61(56)74)65-70-64(71-66(72-65)57-23-3-2-18-50(57)44-30-28-42(40-67)29-31-44)47-32-34-51(45-15-12-14-43(36-45)41-68)62(38-47)73-58-24-8-4-19-53(58)54-20-5-9-25-59(54)73/h2-39H. The van der Waals surface area contributed by atoms with Crippen molar-refractivity contribution in [2.75, 3.05) is 0 Å². The van der Waals surface area contributed by atoms with E-state index in [2.05, 4.69) is 172 Å². The lowest BCUT2D eigenvalue weighted by Crippen LogP contribution is -2.04. The van der Waals surface area contributed by atoms with Crippen molar-refractivity contribution in [2.45, 2.75) is 0 Å². The van der Waals surface area contributed by atoms with Crippen LogP contribution < -0.4 is 0 Å². The van der Waals surface area contributed by atoms with Gasteiger partial charge in [0.2, 0.25) is 0 Å². The summed E-state index contributed by atoms with van der Waals surface area (Å²) in [4.78, 5) is 20.0. The monoisotopic (exact) mass is 942 g/mol. The summed E-state index contributed by atoms with van der Waals surface area (Å²) in [5.74, 6) is 1.40. The molecule has 13 rings (SSSR count). The van der Waals surface area contributed by atoms with Crippen molar-refractivity contribution in [3.8, 4) is 91.1 Å². The van der Waals surface area contributed by atoms with E-state index in [1.54, 1.807) is 0 Å². The highest BCUT2D eigenvalue weighted by molar-refractivity contribution is 6.11. The summed E-state index contributed by atoms with van der Waals surface area (Å²) in [5, 5.41) is 24.2. The van der Waals surface area contributed by atoms with E-state index in [9.17, 15) is 10.5 Å². The topological polar surface area (TPSA) is 100 Å². The Kier molecular flexibility index (Phi) is 10.5. The first kappa shape index (κ1) is 43.3. The van der Waals surface area contributed by atoms with E-state index in [-0.39, 0.29) is 0 Å². The summed E-state index contributed by atoms with van der Waals surface area (Å²) in [5.41, 5.74) is 15.5. The van der Waals surface area contributed by atoms with Crippen LogP contribution in [0.3, 0.4) is 0 Å². The number of hydrogen-bond donors (Lipinski definition) is 0. The Labute approximate surface area is 426 Å². The molecule has 342 valence electrons. The highest BCUT2D eigenvalue weighted by atomic mass is 15.0. The molecule has 0 unspecified atom stereocenters. The molecule has 0 aliphatic carbocycles. The molecule has 0 N–H and O–H groups in total. The third kappa shape index (κ3) is 7.33. The van der Waals surface area contributed by atoms with Crippen LogP contribution in [0.1, 0.15) is 11.1 Å². The van der Waals surface area contributed by atoms with Gasteiger partial charge in [0.1, 0.15) is 0 Å². The van der Waals surface area contributed by atoms with Crippen molar-refractivity contribution in [2.24, 2.45) is 0 Å². The van der Waals surface area contributed by atoms with Gasteiger partial charge in [-0.1, -0.05) is 164 Å². The molecule has 0 amide bonds. The summed E-state index contributed by atoms with van der Waals surface area (Å²) >= 11 is 0. The second kappa shape index (κ2) is 17.9. The lowest BCUT2D eigenvalue weighted by Gasteiger charge is -2.18. The Morgan fingerprint density at radius 2 is 0.770 bits per heavy atom. The third-order valence-electron chi connectivity index (χ3n) is 13.9. The molecule has 0 aliphatic heterocycles. The average Bonchev–Trinajstić information content (AvgIpc) is 4.03. The highest BCUT2D eigenvalue weighted by Gasteiger charge is 2.22. The van der Waals surface area contributed by atoms with Gasteiger partial charge in [-0.2, -0.15) is 10.5 Å². The van der Waals surface area contributed by atoms with Crippen LogP contribution in [-0.4, -0.2) is 24.1 Å². The van der Waals surface area contributed by atoms with Crippen LogP contribution in [0.15, 0.2) is 231 Å². The Morgan fingerprint density at radius 1 is 0.338 bits per heavy atom. The van der Waals surface area contributed by atoms with Gasteiger partial charge in [-0.15, -0.1) is 0 Å². The molecule has 10 aromatic carbocycles. The summed E-state index contributed by atoms with van der Waals surface area (Å²) in [7, 11) is 0. The van der Waals surface area contributed by atoms with Crippen LogP contribution in [0.2, 0.25) is 0 Å². The molecule has 0 atom stereocenters. The molecular weight excluding hydrogens is 905 g/mol. The largest absolute Gasteiger partial charge is 0.309 e. The number of benzene rings is 10. The minimum absolute atomic E-state index is 0.464. The van der Waals surface area contributed by atoms with Crippen LogP contribution in [-0.2, 0) is 0 Å². The van der Waals surface area contributed by atoms with E-state index in [1.165, 1.54) is 0 Å². The first-order chi connectivity index (χ1) is 36.5. The summed E-state index contributed by atoms with van der Waals surface area (Å²) in [6.07, 6.45) is 0. The number of aromatic nitrogens is 5. The minimum Gasteiger partial charge on any atom is -0.309 e. The van der Waals surface area contributed by atoms with Crippen molar-refractivity contribution in [3.63, 3.8) is 0 Å². The number of rotatable bonds is 8. The smallest absolute Gasteiger partial charge is 0.187 e. The van der Waals surface area contributed by atoms with Crippen LogP contribution >= 0.6 is 0 Å². The Morgan fingerprint density at radius 3 is 1.27 bits per heavy atom. The molecule has 8 nitrogen and oxygen atoms in total. The van der Waals surface area contributed by atoms with Gasteiger partial charge in [0, 0.05) is 49.4 Å². The predicted molar refractivity (Wildman–Crippen MR) is 297 cm³/mol. The fourth-order valence-corrected chi connectivity index (χ4v) is 10.5. The first-order valence-electron chi connectivity index (χ1n) is 24.2. The predicted octanol–water partition coefficient (Wildman–Crippen LogP) is 16.4. The van der Waals surface area contributed by atoms with Gasteiger partial charge in [0.25, 0.3) is 0 Å². The number of nitrogens with zero attached hydrogens (tertiary/aromatic N) is 8. The van der Waals surface area contributed by atoms with Gasteiger partial charge in [-0.3, -0.25) is 0 Å². The van der Waals surface area contributed by atoms with E-state index in [4.69, 9.17) is 21.5 Å². The van der Waals surface area contributed by atoms with Crippen LogP contribution in [0.25, 0.3) is 127 Å². The molecule has 0 fully saturated rings. The zero-order chi connectivity index (χ0) is 49.7. The minimum atomic E-state index is 0.464. The average molecular weight is 943 g/mol. The van der Waals surface area contributed by atoms with E-state index in [1.807, 2.05) is 84.9 Å². The normalized spacial score (nSPS) is 11.2. The molecule has 0 bridgehead atoms. The second-order valence-electron chi connectivity index (χ2n) is 18.1. The molecule has 0 radical (unpaired) electrons. The highest BCUT2D eigenvalue weighted by Crippen LogP contribution is 2.42. The molecule has 8 heteroatoms. The molecule has 0 saturated heterocycles.